The van der Waals surface area contributed by atoms with Crippen LogP contribution in [0.1, 0.15) is 23.0 Å². The molecule has 1 amide bonds. The van der Waals surface area contributed by atoms with E-state index >= 15 is 0 Å². The summed E-state index contributed by atoms with van der Waals surface area (Å²) in [6.45, 7) is 2.64. The SMILES string of the molecule is CCc1c(Cl)[nH]c2ncc(-c3ccc(N)c(C(=O)N4CC(O)C4)n3)cc12. The number of rotatable bonds is 3. The number of aryl methyl sites for hydroxylation is 1. The van der Waals surface area contributed by atoms with Crippen LogP contribution in [0.4, 0.5) is 5.69 Å². The molecule has 1 aliphatic rings. The quantitative estimate of drug-likeness (QED) is 0.654. The first-order valence-corrected chi connectivity index (χ1v) is 8.76. The van der Waals surface area contributed by atoms with Crippen LogP contribution in [-0.2, 0) is 6.42 Å². The third-order valence-corrected chi connectivity index (χ3v) is 4.96. The monoisotopic (exact) mass is 371 g/mol. The van der Waals surface area contributed by atoms with E-state index in [-0.39, 0.29) is 11.6 Å². The molecular weight excluding hydrogens is 354 g/mol. The first kappa shape index (κ1) is 16.8. The van der Waals surface area contributed by atoms with E-state index in [1.165, 1.54) is 4.90 Å². The Morgan fingerprint density at radius 3 is 2.92 bits per heavy atom. The first-order valence-electron chi connectivity index (χ1n) is 8.38. The Hall–Kier alpha value is -2.64. The van der Waals surface area contributed by atoms with Gasteiger partial charge in [0.05, 0.1) is 17.5 Å². The van der Waals surface area contributed by atoms with E-state index in [2.05, 4.69) is 15.0 Å². The fourth-order valence-corrected chi connectivity index (χ4v) is 3.48. The number of anilines is 1. The summed E-state index contributed by atoms with van der Waals surface area (Å²) in [6, 6.07) is 5.39. The minimum absolute atomic E-state index is 0.192. The van der Waals surface area contributed by atoms with Crippen molar-refractivity contribution in [3.8, 4) is 11.3 Å². The van der Waals surface area contributed by atoms with Gasteiger partial charge in [-0.25, -0.2) is 9.97 Å². The van der Waals surface area contributed by atoms with Crippen molar-refractivity contribution in [2.45, 2.75) is 19.4 Å². The number of pyridine rings is 2. The lowest BCUT2D eigenvalue weighted by molar-refractivity contribution is 0.00559. The molecule has 26 heavy (non-hydrogen) atoms. The molecule has 0 spiro atoms. The van der Waals surface area contributed by atoms with Crippen molar-refractivity contribution < 1.29 is 9.90 Å². The predicted molar refractivity (Wildman–Crippen MR) is 100 cm³/mol. The molecule has 0 unspecified atom stereocenters. The number of H-pyrrole nitrogens is 1. The van der Waals surface area contributed by atoms with Gasteiger partial charge in [0, 0.05) is 30.2 Å². The normalized spacial score (nSPS) is 14.7. The van der Waals surface area contributed by atoms with Gasteiger partial charge in [-0.1, -0.05) is 18.5 Å². The Balaban J connectivity index is 1.75. The maximum absolute atomic E-state index is 12.5. The Bertz CT molecular complexity index is 1010. The first-order chi connectivity index (χ1) is 12.5. The number of aromatic amines is 1. The number of amides is 1. The molecule has 0 bridgehead atoms. The number of fused-ring (bicyclic) bond motifs is 1. The summed E-state index contributed by atoms with van der Waals surface area (Å²) >= 11 is 6.22. The van der Waals surface area contributed by atoms with Gasteiger partial charge in [0.1, 0.15) is 10.8 Å². The highest BCUT2D eigenvalue weighted by Crippen LogP contribution is 2.29. The maximum atomic E-state index is 12.5. The number of β-amino-alcohol motifs (C(OH)–C–C–N with tert-alkyl or cyclic N) is 1. The largest absolute Gasteiger partial charge is 0.397 e. The van der Waals surface area contributed by atoms with Crippen LogP contribution in [0.15, 0.2) is 24.4 Å². The number of carbonyl (C=O) groups excluding carboxylic acids is 1. The fourth-order valence-electron chi connectivity index (χ4n) is 3.15. The highest BCUT2D eigenvalue weighted by atomic mass is 35.5. The van der Waals surface area contributed by atoms with Gasteiger partial charge < -0.3 is 20.7 Å². The van der Waals surface area contributed by atoms with Crippen molar-refractivity contribution in [1.82, 2.24) is 19.9 Å². The molecule has 4 rings (SSSR count). The highest BCUT2D eigenvalue weighted by Gasteiger charge is 2.31. The molecule has 7 nitrogen and oxygen atoms in total. The predicted octanol–water partition coefficient (Wildman–Crippen LogP) is 2.24. The summed E-state index contributed by atoms with van der Waals surface area (Å²) in [5.41, 5.74) is 9.56. The van der Waals surface area contributed by atoms with Crippen molar-refractivity contribution >= 4 is 34.2 Å². The molecule has 0 radical (unpaired) electrons. The van der Waals surface area contributed by atoms with Crippen LogP contribution >= 0.6 is 11.6 Å². The van der Waals surface area contributed by atoms with Crippen molar-refractivity contribution in [2.75, 3.05) is 18.8 Å². The summed E-state index contributed by atoms with van der Waals surface area (Å²) in [4.78, 5) is 26.0. The summed E-state index contributed by atoms with van der Waals surface area (Å²) < 4.78 is 0. The number of nitrogens with zero attached hydrogens (tertiary/aromatic N) is 3. The number of nitrogens with two attached hydrogens (primary N) is 1. The lowest BCUT2D eigenvalue weighted by Gasteiger charge is -2.35. The molecule has 4 N–H and O–H groups in total. The fraction of sp³-hybridized carbons (Fsp3) is 0.278. The number of aromatic nitrogens is 3. The van der Waals surface area contributed by atoms with E-state index in [4.69, 9.17) is 17.3 Å². The van der Waals surface area contributed by atoms with Gasteiger partial charge >= 0.3 is 0 Å². The van der Waals surface area contributed by atoms with E-state index in [0.29, 0.717) is 29.6 Å². The maximum Gasteiger partial charge on any atom is 0.274 e. The summed E-state index contributed by atoms with van der Waals surface area (Å²) in [5.74, 6) is -0.275. The average molecular weight is 372 g/mol. The molecule has 1 saturated heterocycles. The van der Waals surface area contributed by atoms with Crippen LogP contribution in [-0.4, -0.2) is 50.1 Å². The molecule has 0 atom stereocenters. The molecule has 1 fully saturated rings. The van der Waals surface area contributed by atoms with E-state index in [1.54, 1.807) is 18.3 Å². The van der Waals surface area contributed by atoms with Crippen LogP contribution < -0.4 is 5.73 Å². The van der Waals surface area contributed by atoms with E-state index < -0.39 is 6.10 Å². The molecule has 1 aliphatic heterocycles. The van der Waals surface area contributed by atoms with Crippen LogP contribution in [0.25, 0.3) is 22.3 Å². The zero-order chi connectivity index (χ0) is 18.4. The van der Waals surface area contributed by atoms with Gasteiger partial charge in [-0.05, 0) is 30.2 Å². The molecule has 3 aromatic heterocycles. The second-order valence-corrected chi connectivity index (χ2v) is 6.77. The molecule has 0 saturated carbocycles. The minimum atomic E-state index is -0.472. The van der Waals surface area contributed by atoms with Gasteiger partial charge in [-0.2, -0.15) is 0 Å². The molecule has 0 aromatic carbocycles. The Kier molecular flexibility index (Phi) is 4.05. The van der Waals surface area contributed by atoms with Gasteiger partial charge in [0.25, 0.3) is 5.91 Å². The van der Waals surface area contributed by atoms with Crippen molar-refractivity contribution in [3.05, 3.63) is 40.8 Å². The number of nitrogens with one attached hydrogen (secondary N) is 1. The Morgan fingerprint density at radius 1 is 1.46 bits per heavy atom. The lowest BCUT2D eigenvalue weighted by atomic mass is 10.1. The zero-order valence-corrected chi connectivity index (χ0v) is 14.9. The molecule has 3 aromatic rings. The summed E-state index contributed by atoms with van der Waals surface area (Å²) in [6.07, 6.45) is 2.00. The van der Waals surface area contributed by atoms with E-state index in [0.717, 1.165) is 28.6 Å². The summed E-state index contributed by atoms with van der Waals surface area (Å²) in [7, 11) is 0. The van der Waals surface area contributed by atoms with Gasteiger partial charge in [0.15, 0.2) is 5.69 Å². The van der Waals surface area contributed by atoms with Crippen LogP contribution in [0.3, 0.4) is 0 Å². The van der Waals surface area contributed by atoms with E-state index in [1.807, 2.05) is 13.0 Å². The number of halogens is 1. The van der Waals surface area contributed by atoms with Crippen LogP contribution in [0.5, 0.6) is 0 Å². The van der Waals surface area contributed by atoms with Crippen molar-refractivity contribution in [2.24, 2.45) is 0 Å². The third-order valence-electron chi connectivity index (χ3n) is 4.63. The van der Waals surface area contributed by atoms with Gasteiger partial charge in [-0.15, -0.1) is 0 Å². The molecule has 8 heteroatoms. The van der Waals surface area contributed by atoms with Crippen molar-refractivity contribution in [3.63, 3.8) is 0 Å². The van der Waals surface area contributed by atoms with Crippen molar-refractivity contribution in [1.29, 1.82) is 0 Å². The number of hydrogen-bond acceptors (Lipinski definition) is 5. The second kappa shape index (κ2) is 6.26. The standard InChI is InChI=1S/C18H18ClN5O2/c1-2-11-12-5-9(6-21-17(12)23-16(11)19)14-4-3-13(20)15(22-14)18(26)24-7-10(25)8-24/h3-6,10,25H,2,7-8,20H2,1H3,(H,21,23). The number of aliphatic hydroxyl groups excluding tert-OH is 1. The molecular formula is C18H18ClN5O2. The van der Waals surface area contributed by atoms with Gasteiger partial charge in [0.2, 0.25) is 0 Å². The molecule has 134 valence electrons. The number of likely N-dealkylation sites (tertiary alicyclic amines) is 1. The average Bonchev–Trinajstić information content (AvgIpc) is 2.93. The molecule has 4 heterocycles. The molecule has 0 aliphatic carbocycles. The lowest BCUT2D eigenvalue weighted by Crippen LogP contribution is -2.53. The topological polar surface area (TPSA) is 108 Å². The smallest absolute Gasteiger partial charge is 0.274 e. The number of nitrogen functional groups attached to an aromatic ring is 1. The van der Waals surface area contributed by atoms with E-state index in [9.17, 15) is 9.90 Å². The summed E-state index contributed by atoms with van der Waals surface area (Å²) in [5, 5.41) is 10.9. The number of carbonyl (C=O) groups is 1. The number of aliphatic hydroxyl groups is 1. The highest BCUT2D eigenvalue weighted by molar-refractivity contribution is 6.31. The van der Waals surface area contributed by atoms with Crippen LogP contribution in [0.2, 0.25) is 5.15 Å². The Morgan fingerprint density at radius 2 is 2.23 bits per heavy atom. The van der Waals surface area contributed by atoms with Gasteiger partial charge in [-0.3, -0.25) is 4.79 Å². The third kappa shape index (κ3) is 2.69. The Labute approximate surface area is 154 Å². The van der Waals surface area contributed by atoms with Crippen LogP contribution in [0, 0.1) is 0 Å². The number of hydrogen-bond donors (Lipinski definition) is 3. The minimum Gasteiger partial charge on any atom is -0.397 e. The second-order valence-electron chi connectivity index (χ2n) is 6.39. The zero-order valence-electron chi connectivity index (χ0n) is 14.2.